The third kappa shape index (κ3) is 2.27. The first kappa shape index (κ1) is 13.9. The summed E-state index contributed by atoms with van der Waals surface area (Å²) in [4.78, 5) is 11.3. The van der Waals surface area contributed by atoms with Gasteiger partial charge in [-0.15, -0.1) is 0 Å². The van der Waals surface area contributed by atoms with Gasteiger partial charge in [0, 0.05) is 20.2 Å². The molecule has 0 atom stereocenters. The molecular weight excluding hydrogens is 292 g/mol. The lowest BCUT2D eigenvalue weighted by Crippen LogP contribution is -2.15. The Labute approximate surface area is 134 Å². The fourth-order valence-corrected chi connectivity index (χ4v) is 2.79. The van der Waals surface area contributed by atoms with Crippen LogP contribution in [0.5, 0.6) is 11.5 Å². The zero-order valence-corrected chi connectivity index (χ0v) is 13.4. The SMILES string of the molecule is Cc1nc2cc(N(C)C)cnc2n1-c1ccc2c(c1)OCCO2. The Bertz CT molecular complexity index is 886. The van der Waals surface area contributed by atoms with Gasteiger partial charge in [0.1, 0.15) is 24.6 Å². The summed E-state index contributed by atoms with van der Waals surface area (Å²) in [6, 6.07) is 7.96. The van der Waals surface area contributed by atoms with E-state index < -0.39 is 0 Å². The predicted molar refractivity (Wildman–Crippen MR) is 88.9 cm³/mol. The molecule has 118 valence electrons. The molecule has 0 saturated carbocycles. The number of nitrogens with zero attached hydrogens (tertiary/aromatic N) is 4. The number of imidazole rings is 1. The van der Waals surface area contributed by atoms with E-state index in [1.165, 1.54) is 0 Å². The molecule has 0 fully saturated rings. The van der Waals surface area contributed by atoms with E-state index in [4.69, 9.17) is 9.47 Å². The van der Waals surface area contributed by atoms with Crippen molar-refractivity contribution in [2.24, 2.45) is 0 Å². The average molecular weight is 310 g/mol. The van der Waals surface area contributed by atoms with Crippen LogP contribution in [0, 0.1) is 6.92 Å². The molecule has 6 nitrogen and oxygen atoms in total. The van der Waals surface area contributed by atoms with Crippen LogP contribution in [0.4, 0.5) is 5.69 Å². The highest BCUT2D eigenvalue weighted by Crippen LogP contribution is 2.33. The number of aryl methyl sites for hydroxylation is 1. The first-order valence-corrected chi connectivity index (χ1v) is 7.56. The Hall–Kier alpha value is -2.76. The largest absolute Gasteiger partial charge is 0.486 e. The van der Waals surface area contributed by atoms with Crippen molar-refractivity contribution in [1.82, 2.24) is 14.5 Å². The predicted octanol–water partition coefficient (Wildman–Crippen LogP) is 2.57. The van der Waals surface area contributed by atoms with Gasteiger partial charge in [-0.2, -0.15) is 0 Å². The normalized spacial score (nSPS) is 13.3. The minimum Gasteiger partial charge on any atom is -0.486 e. The summed E-state index contributed by atoms with van der Waals surface area (Å²) in [5, 5.41) is 0. The van der Waals surface area contributed by atoms with Crippen LogP contribution in [0.15, 0.2) is 30.5 Å². The first-order valence-electron chi connectivity index (χ1n) is 7.56. The lowest BCUT2D eigenvalue weighted by Gasteiger charge is -2.19. The van der Waals surface area contributed by atoms with Gasteiger partial charge in [-0.3, -0.25) is 4.57 Å². The fourth-order valence-electron chi connectivity index (χ4n) is 2.79. The molecule has 0 radical (unpaired) electrons. The Kier molecular flexibility index (Phi) is 3.11. The number of ether oxygens (including phenoxy) is 2. The quantitative estimate of drug-likeness (QED) is 0.728. The average Bonchev–Trinajstić information content (AvgIpc) is 2.89. The van der Waals surface area contributed by atoms with E-state index in [2.05, 4.69) is 9.97 Å². The van der Waals surface area contributed by atoms with E-state index in [-0.39, 0.29) is 0 Å². The van der Waals surface area contributed by atoms with Gasteiger partial charge in [-0.1, -0.05) is 0 Å². The second-order valence-electron chi connectivity index (χ2n) is 5.75. The highest BCUT2D eigenvalue weighted by molar-refractivity contribution is 5.78. The number of aromatic nitrogens is 3. The summed E-state index contributed by atoms with van der Waals surface area (Å²) in [5.74, 6) is 2.44. The molecular formula is C17H18N4O2. The van der Waals surface area contributed by atoms with Gasteiger partial charge in [0.05, 0.1) is 17.6 Å². The summed E-state index contributed by atoms with van der Waals surface area (Å²) in [6.07, 6.45) is 1.86. The van der Waals surface area contributed by atoms with Gasteiger partial charge in [-0.05, 0) is 25.1 Å². The molecule has 0 unspecified atom stereocenters. The molecule has 0 spiro atoms. The maximum atomic E-state index is 5.68. The number of hydrogen-bond donors (Lipinski definition) is 0. The van der Waals surface area contributed by atoms with Crippen LogP contribution >= 0.6 is 0 Å². The summed E-state index contributed by atoms with van der Waals surface area (Å²) < 4.78 is 13.3. The standard InChI is InChI=1S/C17H18N4O2/c1-11-19-14-8-13(20(2)3)10-18-17(14)21(11)12-4-5-15-16(9-12)23-7-6-22-15/h4-5,8-10H,6-7H2,1-3H3. The topological polar surface area (TPSA) is 52.4 Å². The second-order valence-corrected chi connectivity index (χ2v) is 5.75. The number of fused-ring (bicyclic) bond motifs is 2. The molecule has 3 aromatic rings. The van der Waals surface area contributed by atoms with Crippen LogP contribution in [-0.4, -0.2) is 41.8 Å². The molecule has 1 aliphatic heterocycles. The van der Waals surface area contributed by atoms with Crippen LogP contribution in [0.25, 0.3) is 16.9 Å². The van der Waals surface area contributed by atoms with E-state index in [0.29, 0.717) is 13.2 Å². The molecule has 0 bridgehead atoms. The van der Waals surface area contributed by atoms with Crippen LogP contribution in [0.2, 0.25) is 0 Å². The molecule has 2 aromatic heterocycles. The van der Waals surface area contributed by atoms with Crippen molar-refractivity contribution in [2.75, 3.05) is 32.2 Å². The highest BCUT2D eigenvalue weighted by atomic mass is 16.6. The fraction of sp³-hybridized carbons (Fsp3) is 0.294. The van der Waals surface area contributed by atoms with Crippen molar-refractivity contribution in [3.05, 3.63) is 36.3 Å². The lowest BCUT2D eigenvalue weighted by atomic mass is 10.2. The van der Waals surface area contributed by atoms with Crippen LogP contribution in [-0.2, 0) is 0 Å². The Morgan fingerprint density at radius 3 is 2.65 bits per heavy atom. The molecule has 6 heteroatoms. The Morgan fingerprint density at radius 2 is 1.87 bits per heavy atom. The van der Waals surface area contributed by atoms with E-state index in [1.54, 1.807) is 0 Å². The molecule has 0 amide bonds. The number of pyridine rings is 1. The maximum Gasteiger partial charge on any atom is 0.164 e. The second kappa shape index (κ2) is 5.15. The molecule has 23 heavy (non-hydrogen) atoms. The third-order valence-electron chi connectivity index (χ3n) is 3.95. The van der Waals surface area contributed by atoms with Crippen molar-refractivity contribution < 1.29 is 9.47 Å². The van der Waals surface area contributed by atoms with Crippen LogP contribution in [0.1, 0.15) is 5.82 Å². The van der Waals surface area contributed by atoms with Crippen molar-refractivity contribution in [2.45, 2.75) is 6.92 Å². The molecule has 3 heterocycles. The van der Waals surface area contributed by atoms with Crippen molar-refractivity contribution in [1.29, 1.82) is 0 Å². The number of benzene rings is 1. The van der Waals surface area contributed by atoms with E-state index in [1.807, 2.05) is 60.9 Å². The van der Waals surface area contributed by atoms with Crippen LogP contribution in [0.3, 0.4) is 0 Å². The minimum absolute atomic E-state index is 0.574. The molecule has 0 saturated heterocycles. The van der Waals surface area contributed by atoms with Crippen molar-refractivity contribution in [3.63, 3.8) is 0 Å². The van der Waals surface area contributed by atoms with E-state index >= 15 is 0 Å². The van der Waals surface area contributed by atoms with Gasteiger partial charge in [0.15, 0.2) is 17.1 Å². The van der Waals surface area contributed by atoms with Gasteiger partial charge in [0.2, 0.25) is 0 Å². The molecule has 4 rings (SSSR count). The molecule has 0 aliphatic carbocycles. The third-order valence-corrected chi connectivity index (χ3v) is 3.95. The molecule has 1 aromatic carbocycles. The molecule has 0 N–H and O–H groups in total. The van der Waals surface area contributed by atoms with Gasteiger partial charge in [0.25, 0.3) is 0 Å². The Balaban J connectivity index is 1.86. The van der Waals surface area contributed by atoms with E-state index in [9.17, 15) is 0 Å². The Morgan fingerprint density at radius 1 is 1.09 bits per heavy atom. The number of rotatable bonds is 2. The van der Waals surface area contributed by atoms with Gasteiger partial charge in [-0.25, -0.2) is 9.97 Å². The van der Waals surface area contributed by atoms with Gasteiger partial charge < -0.3 is 14.4 Å². The zero-order valence-electron chi connectivity index (χ0n) is 13.4. The monoisotopic (exact) mass is 310 g/mol. The van der Waals surface area contributed by atoms with Crippen molar-refractivity contribution in [3.8, 4) is 17.2 Å². The lowest BCUT2D eigenvalue weighted by molar-refractivity contribution is 0.171. The summed E-state index contributed by atoms with van der Waals surface area (Å²) in [6.45, 7) is 3.15. The highest BCUT2D eigenvalue weighted by Gasteiger charge is 2.16. The first-order chi connectivity index (χ1) is 11.1. The summed E-state index contributed by atoms with van der Waals surface area (Å²) in [7, 11) is 3.99. The summed E-state index contributed by atoms with van der Waals surface area (Å²) >= 11 is 0. The number of anilines is 1. The molecule has 1 aliphatic rings. The smallest absolute Gasteiger partial charge is 0.164 e. The van der Waals surface area contributed by atoms with Gasteiger partial charge >= 0.3 is 0 Å². The number of hydrogen-bond acceptors (Lipinski definition) is 5. The maximum absolute atomic E-state index is 5.68. The summed E-state index contributed by atoms with van der Waals surface area (Å²) in [5.41, 5.74) is 3.72. The minimum atomic E-state index is 0.574. The van der Waals surface area contributed by atoms with Crippen LogP contribution < -0.4 is 14.4 Å². The van der Waals surface area contributed by atoms with Crippen molar-refractivity contribution >= 4 is 16.9 Å². The zero-order chi connectivity index (χ0) is 16.0. The van der Waals surface area contributed by atoms with E-state index in [0.717, 1.165) is 39.9 Å².